The molecule has 0 aromatic heterocycles. The SMILES string of the molecule is CC(C)(C)NCc1cc(F)c(OCC2CC2)c(F)c1. The molecule has 0 bridgehead atoms. The Kier molecular flexibility index (Phi) is 4.09. The fraction of sp³-hybridized carbons (Fsp3) is 0.600. The van der Waals surface area contributed by atoms with E-state index in [0.717, 1.165) is 12.8 Å². The molecule has 4 heteroatoms. The molecular weight excluding hydrogens is 248 g/mol. The van der Waals surface area contributed by atoms with Crippen molar-refractivity contribution in [1.29, 1.82) is 0 Å². The van der Waals surface area contributed by atoms with Gasteiger partial charge in [-0.1, -0.05) is 0 Å². The predicted octanol–water partition coefficient (Wildman–Crippen LogP) is 3.64. The van der Waals surface area contributed by atoms with Gasteiger partial charge in [0.1, 0.15) is 0 Å². The highest BCUT2D eigenvalue weighted by Crippen LogP contribution is 2.31. The summed E-state index contributed by atoms with van der Waals surface area (Å²) in [6.45, 7) is 6.86. The molecule has 0 radical (unpaired) electrons. The Labute approximate surface area is 113 Å². The zero-order valence-corrected chi connectivity index (χ0v) is 11.7. The van der Waals surface area contributed by atoms with E-state index in [1.807, 2.05) is 20.8 Å². The number of benzene rings is 1. The third-order valence-electron chi connectivity index (χ3n) is 3.04. The summed E-state index contributed by atoms with van der Waals surface area (Å²) in [5.74, 6) is -1.01. The minimum atomic E-state index is -0.619. The van der Waals surface area contributed by atoms with Gasteiger partial charge in [0.25, 0.3) is 0 Å². The Morgan fingerprint density at radius 3 is 2.26 bits per heavy atom. The highest BCUT2D eigenvalue weighted by molar-refractivity contribution is 5.31. The van der Waals surface area contributed by atoms with Gasteiger partial charge in [0, 0.05) is 12.1 Å². The lowest BCUT2D eigenvalue weighted by Gasteiger charge is -2.20. The van der Waals surface area contributed by atoms with Gasteiger partial charge in [0.15, 0.2) is 17.4 Å². The van der Waals surface area contributed by atoms with E-state index < -0.39 is 11.6 Å². The molecule has 0 heterocycles. The largest absolute Gasteiger partial charge is 0.487 e. The van der Waals surface area contributed by atoms with Crippen LogP contribution in [-0.2, 0) is 6.54 Å². The molecule has 1 aromatic carbocycles. The van der Waals surface area contributed by atoms with E-state index in [9.17, 15) is 8.78 Å². The van der Waals surface area contributed by atoms with Gasteiger partial charge in [0.05, 0.1) is 6.61 Å². The van der Waals surface area contributed by atoms with Crippen LogP contribution in [0.2, 0.25) is 0 Å². The molecule has 0 unspecified atom stereocenters. The van der Waals surface area contributed by atoms with E-state index in [-0.39, 0.29) is 11.3 Å². The van der Waals surface area contributed by atoms with E-state index in [0.29, 0.717) is 24.6 Å². The molecule has 1 fully saturated rings. The Morgan fingerprint density at radius 1 is 1.21 bits per heavy atom. The molecule has 0 spiro atoms. The minimum Gasteiger partial charge on any atom is -0.487 e. The second-order valence-corrected chi connectivity index (χ2v) is 6.25. The van der Waals surface area contributed by atoms with Crippen molar-refractivity contribution in [1.82, 2.24) is 5.32 Å². The van der Waals surface area contributed by atoms with Crippen LogP contribution in [0, 0.1) is 17.6 Å². The molecule has 0 amide bonds. The summed E-state index contributed by atoms with van der Waals surface area (Å²) in [5, 5.41) is 3.20. The fourth-order valence-electron chi connectivity index (χ4n) is 1.71. The second kappa shape index (κ2) is 5.45. The van der Waals surface area contributed by atoms with E-state index in [4.69, 9.17) is 4.74 Å². The molecule has 106 valence electrons. The summed E-state index contributed by atoms with van der Waals surface area (Å²) in [6.07, 6.45) is 2.19. The zero-order valence-electron chi connectivity index (χ0n) is 11.7. The molecule has 1 saturated carbocycles. The van der Waals surface area contributed by atoms with Crippen molar-refractivity contribution in [3.63, 3.8) is 0 Å². The van der Waals surface area contributed by atoms with E-state index >= 15 is 0 Å². The monoisotopic (exact) mass is 269 g/mol. The molecule has 2 rings (SSSR count). The number of rotatable bonds is 5. The smallest absolute Gasteiger partial charge is 0.190 e. The molecule has 1 aliphatic carbocycles. The lowest BCUT2D eigenvalue weighted by molar-refractivity contribution is 0.270. The average molecular weight is 269 g/mol. The Bertz CT molecular complexity index is 427. The van der Waals surface area contributed by atoms with Crippen LogP contribution in [0.3, 0.4) is 0 Å². The summed E-state index contributed by atoms with van der Waals surface area (Å²) in [4.78, 5) is 0. The van der Waals surface area contributed by atoms with Crippen LogP contribution in [0.1, 0.15) is 39.2 Å². The maximum absolute atomic E-state index is 13.8. The van der Waals surface area contributed by atoms with E-state index in [2.05, 4.69) is 5.32 Å². The van der Waals surface area contributed by atoms with Gasteiger partial charge in [0.2, 0.25) is 0 Å². The van der Waals surface area contributed by atoms with Gasteiger partial charge in [-0.15, -0.1) is 0 Å². The van der Waals surface area contributed by atoms with Crippen molar-refractivity contribution < 1.29 is 13.5 Å². The number of hydrogen-bond donors (Lipinski definition) is 1. The molecular formula is C15H21F2NO. The lowest BCUT2D eigenvalue weighted by Crippen LogP contribution is -2.35. The van der Waals surface area contributed by atoms with Crippen molar-refractivity contribution in [3.05, 3.63) is 29.3 Å². The fourth-order valence-corrected chi connectivity index (χ4v) is 1.71. The number of hydrogen-bond acceptors (Lipinski definition) is 2. The summed E-state index contributed by atoms with van der Waals surface area (Å²) in [6, 6.07) is 2.67. The molecule has 0 saturated heterocycles. The third-order valence-corrected chi connectivity index (χ3v) is 3.04. The summed E-state index contributed by atoms with van der Waals surface area (Å²) in [5.41, 5.74) is 0.498. The maximum Gasteiger partial charge on any atom is 0.190 e. The first-order valence-electron chi connectivity index (χ1n) is 6.71. The highest BCUT2D eigenvalue weighted by atomic mass is 19.1. The molecule has 19 heavy (non-hydrogen) atoms. The first kappa shape index (κ1) is 14.3. The Hall–Kier alpha value is -1.16. The molecule has 0 atom stereocenters. The van der Waals surface area contributed by atoms with Gasteiger partial charge < -0.3 is 10.1 Å². The van der Waals surface area contributed by atoms with Crippen molar-refractivity contribution in [2.45, 2.75) is 45.7 Å². The van der Waals surface area contributed by atoms with Crippen molar-refractivity contribution in [2.75, 3.05) is 6.61 Å². The molecule has 2 nitrogen and oxygen atoms in total. The normalized spacial score (nSPS) is 15.6. The van der Waals surface area contributed by atoms with Gasteiger partial charge >= 0.3 is 0 Å². The van der Waals surface area contributed by atoms with Gasteiger partial charge in [-0.25, -0.2) is 8.78 Å². The van der Waals surface area contributed by atoms with Crippen LogP contribution in [0.15, 0.2) is 12.1 Å². The van der Waals surface area contributed by atoms with Gasteiger partial charge in [-0.2, -0.15) is 0 Å². The highest BCUT2D eigenvalue weighted by Gasteiger charge is 2.23. The zero-order chi connectivity index (χ0) is 14.0. The lowest BCUT2D eigenvalue weighted by atomic mass is 10.1. The quantitative estimate of drug-likeness (QED) is 0.881. The number of nitrogens with one attached hydrogen (secondary N) is 1. The standard InChI is InChI=1S/C15H21F2NO/c1-15(2,3)18-8-11-6-12(16)14(13(17)7-11)19-9-10-4-5-10/h6-7,10,18H,4-5,8-9H2,1-3H3. The Balaban J connectivity index is 2.02. The van der Waals surface area contributed by atoms with Crippen LogP contribution in [0.5, 0.6) is 5.75 Å². The third kappa shape index (κ3) is 4.46. The van der Waals surface area contributed by atoms with Gasteiger partial charge in [-0.3, -0.25) is 0 Å². The summed E-state index contributed by atoms with van der Waals surface area (Å²) >= 11 is 0. The van der Waals surface area contributed by atoms with Crippen LogP contribution >= 0.6 is 0 Å². The maximum atomic E-state index is 13.8. The first-order valence-corrected chi connectivity index (χ1v) is 6.71. The van der Waals surface area contributed by atoms with Crippen LogP contribution in [0.4, 0.5) is 8.78 Å². The number of halogens is 2. The molecule has 1 aromatic rings. The second-order valence-electron chi connectivity index (χ2n) is 6.25. The van der Waals surface area contributed by atoms with Crippen molar-refractivity contribution in [3.8, 4) is 5.75 Å². The first-order chi connectivity index (χ1) is 8.85. The summed E-state index contributed by atoms with van der Waals surface area (Å²) < 4.78 is 32.8. The molecule has 1 N–H and O–H groups in total. The molecule has 0 aliphatic heterocycles. The van der Waals surface area contributed by atoms with Crippen LogP contribution in [-0.4, -0.2) is 12.1 Å². The van der Waals surface area contributed by atoms with Crippen LogP contribution in [0.25, 0.3) is 0 Å². The van der Waals surface area contributed by atoms with Crippen molar-refractivity contribution in [2.24, 2.45) is 5.92 Å². The summed E-state index contributed by atoms with van der Waals surface area (Å²) in [7, 11) is 0. The van der Waals surface area contributed by atoms with Gasteiger partial charge in [-0.05, 0) is 57.2 Å². The average Bonchev–Trinajstić information content (AvgIpc) is 3.08. The van der Waals surface area contributed by atoms with E-state index in [1.54, 1.807) is 0 Å². The molecule has 1 aliphatic rings. The predicted molar refractivity (Wildman–Crippen MR) is 71.2 cm³/mol. The van der Waals surface area contributed by atoms with Crippen molar-refractivity contribution >= 4 is 0 Å². The minimum absolute atomic E-state index is 0.0892. The Morgan fingerprint density at radius 2 is 1.79 bits per heavy atom. The van der Waals surface area contributed by atoms with E-state index in [1.165, 1.54) is 12.1 Å². The topological polar surface area (TPSA) is 21.3 Å². The number of ether oxygens (including phenoxy) is 1. The van der Waals surface area contributed by atoms with Crippen LogP contribution < -0.4 is 10.1 Å².